The third kappa shape index (κ3) is 5.65. The van der Waals surface area contributed by atoms with Gasteiger partial charge in [0.15, 0.2) is 0 Å². The Hall–Kier alpha value is -2.17. The van der Waals surface area contributed by atoms with Gasteiger partial charge in [-0.1, -0.05) is 37.3 Å². The van der Waals surface area contributed by atoms with Crippen molar-refractivity contribution in [1.82, 2.24) is 5.32 Å². The van der Waals surface area contributed by atoms with Crippen molar-refractivity contribution in [3.05, 3.63) is 35.9 Å². The Morgan fingerprint density at radius 3 is 2.40 bits per heavy atom. The molecule has 5 nitrogen and oxygen atoms in total. The van der Waals surface area contributed by atoms with Crippen LogP contribution in [0.1, 0.15) is 31.7 Å². The number of benzene rings is 1. The molecule has 20 heavy (non-hydrogen) atoms. The van der Waals surface area contributed by atoms with Crippen LogP contribution >= 0.6 is 0 Å². The minimum absolute atomic E-state index is 0.0496. The second-order valence-electron chi connectivity index (χ2n) is 4.62. The standard InChI is InChI=1S/C15H20N2O3/c1-2-12(18)8-9-13(15(16)20)17-14(19)10-11-6-4-3-5-7-11/h3-7,13H,2,8-10H2,1H3,(H2,16,20)(H,17,19)/t13-/m1/s1. The summed E-state index contributed by atoms with van der Waals surface area (Å²) < 4.78 is 0. The zero-order valence-electron chi connectivity index (χ0n) is 11.6. The van der Waals surface area contributed by atoms with Gasteiger partial charge in [-0.05, 0) is 12.0 Å². The minimum Gasteiger partial charge on any atom is -0.368 e. The fraction of sp³-hybridized carbons (Fsp3) is 0.400. The van der Waals surface area contributed by atoms with Crippen LogP contribution < -0.4 is 11.1 Å². The molecule has 0 radical (unpaired) electrons. The first-order valence-electron chi connectivity index (χ1n) is 6.67. The first-order valence-corrected chi connectivity index (χ1v) is 6.67. The molecule has 1 rings (SSSR count). The average Bonchev–Trinajstić information content (AvgIpc) is 2.43. The van der Waals surface area contributed by atoms with E-state index >= 15 is 0 Å². The number of hydrogen-bond donors (Lipinski definition) is 2. The number of nitrogens with one attached hydrogen (secondary N) is 1. The largest absolute Gasteiger partial charge is 0.368 e. The van der Waals surface area contributed by atoms with Gasteiger partial charge < -0.3 is 11.1 Å². The molecule has 1 aromatic carbocycles. The lowest BCUT2D eigenvalue weighted by Gasteiger charge is -2.15. The molecule has 0 aliphatic carbocycles. The predicted molar refractivity (Wildman–Crippen MR) is 75.8 cm³/mol. The molecule has 0 saturated heterocycles. The molecule has 0 aromatic heterocycles. The molecule has 0 unspecified atom stereocenters. The lowest BCUT2D eigenvalue weighted by atomic mass is 10.1. The van der Waals surface area contributed by atoms with Crippen LogP contribution in [0, 0.1) is 0 Å². The summed E-state index contributed by atoms with van der Waals surface area (Å²) in [6, 6.07) is 8.42. The van der Waals surface area contributed by atoms with Crippen LogP contribution in [0.3, 0.4) is 0 Å². The smallest absolute Gasteiger partial charge is 0.240 e. The van der Waals surface area contributed by atoms with Gasteiger partial charge in [0.2, 0.25) is 11.8 Å². The third-order valence-corrected chi connectivity index (χ3v) is 2.99. The van der Waals surface area contributed by atoms with Crippen molar-refractivity contribution < 1.29 is 14.4 Å². The molecule has 0 bridgehead atoms. The maximum Gasteiger partial charge on any atom is 0.240 e. The molecule has 1 aromatic rings. The first kappa shape index (κ1) is 15.9. The van der Waals surface area contributed by atoms with Crippen molar-refractivity contribution in [2.45, 2.75) is 38.6 Å². The average molecular weight is 276 g/mol. The molecule has 0 saturated carbocycles. The predicted octanol–water partition coefficient (Wildman–Crippen LogP) is 0.959. The summed E-state index contributed by atoms with van der Waals surface area (Å²) in [6.45, 7) is 1.76. The van der Waals surface area contributed by atoms with Crippen molar-refractivity contribution in [3.63, 3.8) is 0 Å². The number of hydrogen-bond acceptors (Lipinski definition) is 3. The second kappa shape index (κ2) is 8.09. The Kier molecular flexibility index (Phi) is 6.43. The highest BCUT2D eigenvalue weighted by Gasteiger charge is 2.18. The fourth-order valence-electron chi connectivity index (χ4n) is 1.79. The lowest BCUT2D eigenvalue weighted by molar-refractivity contribution is -0.127. The van der Waals surface area contributed by atoms with E-state index in [1.54, 1.807) is 6.92 Å². The summed E-state index contributed by atoms with van der Waals surface area (Å²) >= 11 is 0. The Morgan fingerprint density at radius 2 is 1.85 bits per heavy atom. The highest BCUT2D eigenvalue weighted by Crippen LogP contribution is 2.03. The van der Waals surface area contributed by atoms with Gasteiger partial charge in [-0.15, -0.1) is 0 Å². The normalized spacial score (nSPS) is 11.7. The van der Waals surface area contributed by atoms with Crippen LogP contribution in [0.2, 0.25) is 0 Å². The van der Waals surface area contributed by atoms with E-state index in [0.717, 1.165) is 5.56 Å². The third-order valence-electron chi connectivity index (χ3n) is 2.99. The van der Waals surface area contributed by atoms with E-state index in [-0.39, 0.29) is 31.0 Å². The lowest BCUT2D eigenvalue weighted by Crippen LogP contribution is -2.45. The van der Waals surface area contributed by atoms with Crippen LogP contribution in [0.5, 0.6) is 0 Å². The minimum atomic E-state index is -0.790. The Morgan fingerprint density at radius 1 is 1.20 bits per heavy atom. The van der Waals surface area contributed by atoms with E-state index in [0.29, 0.717) is 6.42 Å². The van der Waals surface area contributed by atoms with Gasteiger partial charge in [-0.3, -0.25) is 14.4 Å². The summed E-state index contributed by atoms with van der Waals surface area (Å²) in [5.41, 5.74) is 6.10. The van der Waals surface area contributed by atoms with Gasteiger partial charge in [-0.2, -0.15) is 0 Å². The topological polar surface area (TPSA) is 89.3 Å². The van der Waals surface area contributed by atoms with Gasteiger partial charge in [-0.25, -0.2) is 0 Å². The zero-order chi connectivity index (χ0) is 15.0. The van der Waals surface area contributed by atoms with Crippen molar-refractivity contribution in [2.24, 2.45) is 5.73 Å². The first-order chi connectivity index (χ1) is 9.52. The van der Waals surface area contributed by atoms with Crippen molar-refractivity contribution >= 4 is 17.6 Å². The van der Waals surface area contributed by atoms with Gasteiger partial charge in [0, 0.05) is 12.8 Å². The highest BCUT2D eigenvalue weighted by molar-refractivity contribution is 5.88. The van der Waals surface area contributed by atoms with Crippen molar-refractivity contribution in [2.75, 3.05) is 0 Å². The summed E-state index contributed by atoms with van der Waals surface area (Å²) in [5, 5.41) is 2.58. The molecular weight excluding hydrogens is 256 g/mol. The SMILES string of the molecule is CCC(=O)CC[C@@H](NC(=O)Cc1ccccc1)C(N)=O. The Balaban J connectivity index is 2.50. The molecule has 3 N–H and O–H groups in total. The summed E-state index contributed by atoms with van der Waals surface area (Å²) in [4.78, 5) is 34.4. The number of amides is 2. The Labute approximate surface area is 118 Å². The molecule has 2 amide bonds. The fourth-order valence-corrected chi connectivity index (χ4v) is 1.79. The Bertz CT molecular complexity index is 471. The van der Waals surface area contributed by atoms with Gasteiger partial charge in [0.1, 0.15) is 11.8 Å². The molecule has 0 aliphatic rings. The van der Waals surface area contributed by atoms with E-state index in [1.165, 1.54) is 0 Å². The van der Waals surface area contributed by atoms with Crippen LogP contribution in [-0.4, -0.2) is 23.6 Å². The molecule has 0 heterocycles. The highest BCUT2D eigenvalue weighted by atomic mass is 16.2. The molecule has 0 fully saturated rings. The number of primary amides is 1. The molecule has 5 heteroatoms. The number of Topliss-reactive ketones (excluding diaryl/α,β-unsaturated/α-hetero) is 1. The van der Waals surface area contributed by atoms with E-state index in [2.05, 4.69) is 5.32 Å². The zero-order valence-corrected chi connectivity index (χ0v) is 11.6. The van der Waals surface area contributed by atoms with Gasteiger partial charge in [0.05, 0.1) is 6.42 Å². The number of carbonyl (C=O) groups is 3. The van der Waals surface area contributed by atoms with Crippen molar-refractivity contribution in [1.29, 1.82) is 0 Å². The van der Waals surface area contributed by atoms with E-state index in [4.69, 9.17) is 5.73 Å². The molecule has 1 atom stereocenters. The van der Waals surface area contributed by atoms with E-state index in [1.807, 2.05) is 30.3 Å². The maximum atomic E-state index is 11.8. The molecule has 108 valence electrons. The van der Waals surface area contributed by atoms with Crippen LogP contribution in [0.15, 0.2) is 30.3 Å². The number of ketones is 1. The molecule has 0 spiro atoms. The van der Waals surface area contributed by atoms with Crippen LogP contribution in [0.25, 0.3) is 0 Å². The van der Waals surface area contributed by atoms with E-state index < -0.39 is 11.9 Å². The number of rotatable bonds is 8. The van der Waals surface area contributed by atoms with Crippen LogP contribution in [0.4, 0.5) is 0 Å². The number of nitrogens with two attached hydrogens (primary N) is 1. The molecular formula is C15H20N2O3. The summed E-state index contributed by atoms with van der Waals surface area (Å²) in [5.74, 6) is -0.840. The monoisotopic (exact) mass is 276 g/mol. The van der Waals surface area contributed by atoms with E-state index in [9.17, 15) is 14.4 Å². The summed E-state index contributed by atoms with van der Waals surface area (Å²) in [6.07, 6.45) is 1.11. The number of carbonyl (C=O) groups excluding carboxylic acids is 3. The van der Waals surface area contributed by atoms with Gasteiger partial charge in [0.25, 0.3) is 0 Å². The second-order valence-corrected chi connectivity index (χ2v) is 4.62. The maximum absolute atomic E-state index is 11.8. The van der Waals surface area contributed by atoms with Crippen molar-refractivity contribution in [3.8, 4) is 0 Å². The van der Waals surface area contributed by atoms with Crippen LogP contribution in [-0.2, 0) is 20.8 Å². The summed E-state index contributed by atoms with van der Waals surface area (Å²) in [7, 11) is 0. The van der Waals surface area contributed by atoms with Gasteiger partial charge >= 0.3 is 0 Å². The molecule has 0 aliphatic heterocycles. The quantitative estimate of drug-likeness (QED) is 0.741.